The molecule has 6 nitrogen and oxygen atoms in total. The number of H-pyrrole nitrogens is 1. The molecule has 1 aliphatic carbocycles. The molecule has 0 spiro atoms. The highest BCUT2D eigenvalue weighted by Crippen LogP contribution is 2.39. The summed E-state index contributed by atoms with van der Waals surface area (Å²) in [5.41, 5.74) is 2.84. The smallest absolute Gasteiger partial charge is 0.224 e. The Morgan fingerprint density at radius 2 is 1.96 bits per heavy atom. The lowest BCUT2D eigenvalue weighted by atomic mass is 10.3. The number of halogens is 1. The fourth-order valence-electron chi connectivity index (χ4n) is 2.35. The minimum Gasteiger partial charge on any atom is -0.351 e. The van der Waals surface area contributed by atoms with Gasteiger partial charge in [0.1, 0.15) is 5.69 Å². The first kappa shape index (κ1) is 14.0. The zero-order chi connectivity index (χ0) is 15.6. The predicted molar refractivity (Wildman–Crippen MR) is 90.6 cm³/mol. The molecule has 4 rings (SSSR count). The number of para-hydroxylation sites is 1. The average molecular weight is 327 g/mol. The van der Waals surface area contributed by atoms with E-state index in [1.807, 2.05) is 36.4 Å². The van der Waals surface area contributed by atoms with Crippen LogP contribution in [0.5, 0.6) is 0 Å². The molecular formula is C16H15ClN6. The third kappa shape index (κ3) is 3.27. The molecule has 0 aliphatic heterocycles. The van der Waals surface area contributed by atoms with Crippen LogP contribution in [-0.2, 0) is 0 Å². The summed E-state index contributed by atoms with van der Waals surface area (Å²) in [7, 11) is 0. The number of aromatic nitrogens is 4. The van der Waals surface area contributed by atoms with Crippen LogP contribution in [0.3, 0.4) is 0 Å². The lowest BCUT2D eigenvalue weighted by molar-refractivity contribution is 0.966. The fraction of sp³-hybridized carbons (Fsp3) is 0.188. The number of hydrogen-bond donors (Lipinski definition) is 3. The molecule has 3 aromatic rings. The highest BCUT2D eigenvalue weighted by molar-refractivity contribution is 6.28. The summed E-state index contributed by atoms with van der Waals surface area (Å²) in [6.07, 6.45) is 4.10. The molecule has 7 heteroatoms. The summed E-state index contributed by atoms with van der Waals surface area (Å²) < 4.78 is 0. The molecule has 0 amide bonds. The van der Waals surface area contributed by atoms with Crippen molar-refractivity contribution in [1.82, 2.24) is 20.2 Å². The molecule has 3 N–H and O–H groups in total. The van der Waals surface area contributed by atoms with Gasteiger partial charge in [-0.05, 0) is 36.6 Å². The Kier molecular flexibility index (Phi) is 3.59. The second kappa shape index (κ2) is 5.89. The molecule has 23 heavy (non-hydrogen) atoms. The Morgan fingerprint density at radius 1 is 1.13 bits per heavy atom. The number of anilines is 4. The molecular weight excluding hydrogens is 312 g/mol. The van der Waals surface area contributed by atoms with Crippen LogP contribution in [-0.4, -0.2) is 20.2 Å². The predicted octanol–water partition coefficient (Wildman–Crippen LogP) is 4.22. The Morgan fingerprint density at radius 3 is 2.74 bits per heavy atom. The van der Waals surface area contributed by atoms with Crippen LogP contribution >= 0.6 is 11.6 Å². The average Bonchev–Trinajstić information content (AvgIpc) is 3.31. The van der Waals surface area contributed by atoms with Gasteiger partial charge in [0.15, 0.2) is 11.6 Å². The number of nitrogens with one attached hydrogen (secondary N) is 3. The van der Waals surface area contributed by atoms with Gasteiger partial charge in [-0.1, -0.05) is 18.2 Å². The monoisotopic (exact) mass is 326 g/mol. The number of aromatic amines is 1. The van der Waals surface area contributed by atoms with Crippen molar-refractivity contribution in [2.75, 3.05) is 10.6 Å². The molecule has 116 valence electrons. The Bertz CT molecular complexity index is 812. The second-order valence-electron chi connectivity index (χ2n) is 5.50. The van der Waals surface area contributed by atoms with Gasteiger partial charge in [0.25, 0.3) is 0 Å². The molecule has 0 atom stereocenters. The number of hydrogen-bond acceptors (Lipinski definition) is 5. The van der Waals surface area contributed by atoms with Gasteiger partial charge >= 0.3 is 0 Å². The Balaban J connectivity index is 1.59. The van der Waals surface area contributed by atoms with Crippen molar-refractivity contribution in [2.24, 2.45) is 0 Å². The van der Waals surface area contributed by atoms with Crippen LogP contribution in [0.15, 0.2) is 42.6 Å². The van der Waals surface area contributed by atoms with E-state index >= 15 is 0 Å². The second-order valence-corrected chi connectivity index (χ2v) is 5.84. The van der Waals surface area contributed by atoms with E-state index in [0.717, 1.165) is 22.9 Å². The molecule has 1 aromatic carbocycles. The van der Waals surface area contributed by atoms with Crippen LogP contribution < -0.4 is 10.6 Å². The number of nitrogens with zero attached hydrogens (tertiary/aromatic N) is 3. The summed E-state index contributed by atoms with van der Waals surface area (Å²) in [6, 6.07) is 11.8. The van der Waals surface area contributed by atoms with E-state index in [-0.39, 0.29) is 5.28 Å². The van der Waals surface area contributed by atoms with Crippen LogP contribution in [0.25, 0.3) is 0 Å². The first-order valence-electron chi connectivity index (χ1n) is 7.45. The van der Waals surface area contributed by atoms with Gasteiger partial charge in [0, 0.05) is 23.4 Å². The molecule has 2 aromatic heterocycles. The summed E-state index contributed by atoms with van der Waals surface area (Å²) in [4.78, 5) is 8.31. The van der Waals surface area contributed by atoms with Gasteiger partial charge < -0.3 is 10.6 Å². The van der Waals surface area contributed by atoms with Gasteiger partial charge in [0.2, 0.25) is 5.28 Å². The van der Waals surface area contributed by atoms with Gasteiger partial charge in [-0.3, -0.25) is 5.10 Å². The zero-order valence-electron chi connectivity index (χ0n) is 12.3. The van der Waals surface area contributed by atoms with Crippen molar-refractivity contribution in [3.63, 3.8) is 0 Å². The number of benzene rings is 1. The van der Waals surface area contributed by atoms with Crippen molar-refractivity contribution < 1.29 is 0 Å². The topological polar surface area (TPSA) is 78.5 Å². The molecule has 0 radical (unpaired) electrons. The maximum absolute atomic E-state index is 5.93. The molecule has 0 unspecified atom stereocenters. The lowest BCUT2D eigenvalue weighted by Gasteiger charge is -2.11. The molecule has 1 fully saturated rings. The minimum atomic E-state index is 0.184. The summed E-state index contributed by atoms with van der Waals surface area (Å²) in [6.45, 7) is 0. The maximum Gasteiger partial charge on any atom is 0.224 e. The Hall–Kier alpha value is -2.60. The first-order chi connectivity index (χ1) is 11.3. The van der Waals surface area contributed by atoms with E-state index in [1.165, 1.54) is 12.8 Å². The fourth-order valence-corrected chi connectivity index (χ4v) is 2.48. The normalized spacial score (nSPS) is 13.8. The standard InChI is InChI=1S/C16H15ClN6/c17-16-18-9-13(19-11-4-2-1-3-5-11)15(21-16)20-14-8-12(22-23-14)10-6-7-10/h1-5,8-10,19H,6-7H2,(H2,18,20,21,22,23). The van der Waals surface area contributed by atoms with Crippen LogP contribution in [0.2, 0.25) is 5.28 Å². The summed E-state index contributed by atoms with van der Waals surface area (Å²) in [5, 5.41) is 14.0. The molecule has 0 saturated heterocycles. The van der Waals surface area contributed by atoms with E-state index < -0.39 is 0 Å². The quantitative estimate of drug-likeness (QED) is 0.612. The first-order valence-corrected chi connectivity index (χ1v) is 7.83. The van der Waals surface area contributed by atoms with Crippen LogP contribution in [0.1, 0.15) is 24.5 Å². The highest BCUT2D eigenvalue weighted by atomic mass is 35.5. The van der Waals surface area contributed by atoms with E-state index in [9.17, 15) is 0 Å². The minimum absolute atomic E-state index is 0.184. The lowest BCUT2D eigenvalue weighted by Crippen LogP contribution is -2.01. The van der Waals surface area contributed by atoms with Crippen molar-refractivity contribution in [1.29, 1.82) is 0 Å². The van der Waals surface area contributed by atoms with Crippen LogP contribution in [0, 0.1) is 0 Å². The van der Waals surface area contributed by atoms with Gasteiger partial charge in [-0.15, -0.1) is 0 Å². The van der Waals surface area contributed by atoms with Crippen molar-refractivity contribution >= 4 is 34.6 Å². The van der Waals surface area contributed by atoms with Crippen LogP contribution in [0.4, 0.5) is 23.0 Å². The van der Waals surface area contributed by atoms with Gasteiger partial charge in [-0.2, -0.15) is 10.1 Å². The van der Waals surface area contributed by atoms with E-state index in [0.29, 0.717) is 11.7 Å². The van der Waals surface area contributed by atoms with Crippen molar-refractivity contribution in [3.8, 4) is 0 Å². The van der Waals surface area contributed by atoms with Gasteiger partial charge in [0.05, 0.1) is 6.20 Å². The third-order valence-corrected chi connectivity index (χ3v) is 3.86. The molecule has 1 aliphatic rings. The van der Waals surface area contributed by atoms with E-state index in [2.05, 4.69) is 30.8 Å². The van der Waals surface area contributed by atoms with Crippen molar-refractivity contribution in [2.45, 2.75) is 18.8 Å². The third-order valence-electron chi connectivity index (χ3n) is 3.67. The molecule has 1 saturated carbocycles. The molecule has 2 heterocycles. The largest absolute Gasteiger partial charge is 0.351 e. The van der Waals surface area contributed by atoms with E-state index in [1.54, 1.807) is 6.20 Å². The van der Waals surface area contributed by atoms with Gasteiger partial charge in [-0.25, -0.2) is 4.98 Å². The molecule has 0 bridgehead atoms. The highest BCUT2D eigenvalue weighted by Gasteiger charge is 2.25. The Labute approximate surface area is 138 Å². The van der Waals surface area contributed by atoms with E-state index in [4.69, 9.17) is 11.6 Å². The number of rotatable bonds is 5. The summed E-state index contributed by atoms with van der Waals surface area (Å²) >= 11 is 5.93. The summed E-state index contributed by atoms with van der Waals surface area (Å²) in [5.74, 6) is 1.93. The maximum atomic E-state index is 5.93. The van der Waals surface area contributed by atoms with Crippen molar-refractivity contribution in [3.05, 3.63) is 53.6 Å². The zero-order valence-corrected chi connectivity index (χ0v) is 13.0. The SMILES string of the molecule is Clc1ncc(Nc2ccccc2)c(Nc2cc(C3CC3)[nH]n2)n1.